The molecule has 7 nitrogen and oxygen atoms in total. The SMILES string of the molecule is C=C(CC[C@H](NC)C(=O)O)NCCOCCOCC=O. The summed E-state index contributed by atoms with van der Waals surface area (Å²) >= 11 is 0. The molecule has 3 N–H and O–H groups in total. The highest BCUT2D eigenvalue weighted by atomic mass is 16.5. The van der Waals surface area contributed by atoms with Gasteiger partial charge in [0.2, 0.25) is 0 Å². The summed E-state index contributed by atoms with van der Waals surface area (Å²) in [5.41, 5.74) is 0.785. The summed E-state index contributed by atoms with van der Waals surface area (Å²) in [5, 5.41) is 14.6. The van der Waals surface area contributed by atoms with E-state index >= 15 is 0 Å². The van der Waals surface area contributed by atoms with Gasteiger partial charge in [0.05, 0.1) is 19.8 Å². The van der Waals surface area contributed by atoms with Gasteiger partial charge in [0.15, 0.2) is 0 Å². The third kappa shape index (κ3) is 10.5. The monoisotopic (exact) mass is 288 g/mol. The van der Waals surface area contributed by atoms with Gasteiger partial charge >= 0.3 is 5.97 Å². The highest BCUT2D eigenvalue weighted by molar-refractivity contribution is 5.73. The van der Waals surface area contributed by atoms with Crippen LogP contribution in [-0.4, -0.2) is 63.4 Å². The quantitative estimate of drug-likeness (QED) is 0.300. The highest BCUT2D eigenvalue weighted by Crippen LogP contribution is 2.03. The smallest absolute Gasteiger partial charge is 0.320 e. The van der Waals surface area contributed by atoms with Crippen LogP contribution in [0.3, 0.4) is 0 Å². The van der Waals surface area contributed by atoms with E-state index in [4.69, 9.17) is 14.6 Å². The molecule has 0 saturated heterocycles. The number of likely N-dealkylation sites (N-methyl/N-ethyl adjacent to an activating group) is 1. The van der Waals surface area contributed by atoms with E-state index in [0.29, 0.717) is 45.5 Å². The molecule has 0 aromatic heterocycles. The van der Waals surface area contributed by atoms with Gasteiger partial charge in [-0.25, -0.2) is 0 Å². The fourth-order valence-electron chi connectivity index (χ4n) is 1.45. The third-order valence-corrected chi connectivity index (χ3v) is 2.56. The van der Waals surface area contributed by atoms with Crippen molar-refractivity contribution in [3.63, 3.8) is 0 Å². The van der Waals surface area contributed by atoms with Gasteiger partial charge in [0, 0.05) is 12.2 Å². The molecule has 0 fully saturated rings. The number of carbonyl (C=O) groups is 2. The zero-order valence-electron chi connectivity index (χ0n) is 11.9. The second-order valence-electron chi connectivity index (χ2n) is 4.10. The molecule has 0 saturated carbocycles. The Bertz CT molecular complexity index is 296. The van der Waals surface area contributed by atoms with Crippen molar-refractivity contribution in [1.82, 2.24) is 10.6 Å². The van der Waals surface area contributed by atoms with Gasteiger partial charge in [0.1, 0.15) is 18.9 Å². The third-order valence-electron chi connectivity index (χ3n) is 2.56. The van der Waals surface area contributed by atoms with Crippen molar-refractivity contribution in [3.05, 3.63) is 12.3 Å². The van der Waals surface area contributed by atoms with Crippen molar-refractivity contribution in [3.8, 4) is 0 Å². The summed E-state index contributed by atoms with van der Waals surface area (Å²) in [5.74, 6) is -0.862. The van der Waals surface area contributed by atoms with Gasteiger partial charge in [-0.1, -0.05) is 6.58 Å². The van der Waals surface area contributed by atoms with Crippen LogP contribution in [0.2, 0.25) is 0 Å². The first-order valence-electron chi connectivity index (χ1n) is 6.52. The molecule has 0 aliphatic carbocycles. The number of allylic oxidation sites excluding steroid dienone is 1. The Labute approximate surface area is 119 Å². The fraction of sp³-hybridized carbons (Fsp3) is 0.692. The number of nitrogens with one attached hydrogen (secondary N) is 2. The van der Waals surface area contributed by atoms with Crippen LogP contribution in [0.1, 0.15) is 12.8 Å². The minimum atomic E-state index is -0.862. The molecule has 7 heteroatoms. The topological polar surface area (TPSA) is 96.9 Å². The normalized spacial score (nSPS) is 11.8. The second-order valence-corrected chi connectivity index (χ2v) is 4.10. The fourth-order valence-corrected chi connectivity index (χ4v) is 1.45. The van der Waals surface area contributed by atoms with Gasteiger partial charge < -0.3 is 30.0 Å². The van der Waals surface area contributed by atoms with Crippen LogP contribution in [0.15, 0.2) is 12.3 Å². The number of ether oxygens (including phenoxy) is 2. The number of carboxylic acids is 1. The number of hydrogen-bond acceptors (Lipinski definition) is 6. The minimum absolute atomic E-state index is 0.0919. The first-order valence-corrected chi connectivity index (χ1v) is 6.52. The van der Waals surface area contributed by atoms with Crippen LogP contribution in [0.5, 0.6) is 0 Å². The molecular formula is C13H24N2O5. The molecular weight excluding hydrogens is 264 g/mol. The summed E-state index contributed by atoms with van der Waals surface area (Å²) in [4.78, 5) is 20.7. The van der Waals surface area contributed by atoms with Crippen LogP contribution in [0, 0.1) is 0 Å². The van der Waals surface area contributed by atoms with E-state index in [9.17, 15) is 9.59 Å². The molecule has 0 heterocycles. The summed E-state index contributed by atoms with van der Waals surface area (Å²) in [6.07, 6.45) is 1.76. The van der Waals surface area contributed by atoms with Crippen molar-refractivity contribution in [2.75, 3.05) is 40.0 Å². The molecule has 0 amide bonds. The first-order chi connectivity index (χ1) is 9.61. The Morgan fingerprint density at radius 3 is 2.65 bits per heavy atom. The van der Waals surface area contributed by atoms with E-state index in [0.717, 1.165) is 5.70 Å². The number of aldehydes is 1. The maximum atomic E-state index is 10.8. The summed E-state index contributed by atoms with van der Waals surface area (Å²) in [6.45, 7) is 5.84. The van der Waals surface area contributed by atoms with Crippen molar-refractivity contribution >= 4 is 12.3 Å². The van der Waals surface area contributed by atoms with Crippen molar-refractivity contribution in [1.29, 1.82) is 0 Å². The minimum Gasteiger partial charge on any atom is -0.480 e. The molecule has 0 aromatic carbocycles. The molecule has 0 aromatic rings. The van der Waals surface area contributed by atoms with Crippen molar-refractivity contribution in [2.24, 2.45) is 0 Å². The Morgan fingerprint density at radius 2 is 2.05 bits per heavy atom. The molecule has 20 heavy (non-hydrogen) atoms. The number of hydrogen-bond donors (Lipinski definition) is 3. The van der Waals surface area contributed by atoms with Gasteiger partial charge in [-0.3, -0.25) is 4.79 Å². The van der Waals surface area contributed by atoms with E-state index in [1.54, 1.807) is 7.05 Å². The summed E-state index contributed by atoms with van der Waals surface area (Å²) in [7, 11) is 1.62. The number of carboxylic acid groups (broad SMARTS) is 1. The Kier molecular flexibility index (Phi) is 11.7. The molecule has 0 spiro atoms. The molecule has 0 rings (SSSR count). The zero-order valence-corrected chi connectivity index (χ0v) is 11.9. The molecule has 0 bridgehead atoms. The Balaban J connectivity index is 3.45. The van der Waals surface area contributed by atoms with E-state index in [1.165, 1.54) is 0 Å². The first kappa shape index (κ1) is 18.6. The molecule has 0 aliphatic rings. The molecule has 116 valence electrons. The van der Waals surface area contributed by atoms with E-state index in [1.807, 2.05) is 0 Å². The molecule has 0 radical (unpaired) electrons. The van der Waals surface area contributed by atoms with Crippen LogP contribution in [0.25, 0.3) is 0 Å². The van der Waals surface area contributed by atoms with Crippen LogP contribution >= 0.6 is 0 Å². The van der Waals surface area contributed by atoms with E-state index in [-0.39, 0.29) is 6.61 Å². The summed E-state index contributed by atoms with van der Waals surface area (Å²) < 4.78 is 10.2. The molecule has 0 aliphatic heterocycles. The standard InChI is InChI=1S/C13H24N2O5/c1-11(3-4-12(14-2)13(17)18)15-5-7-19-9-10-20-8-6-16/h6,12,14-15H,1,3-5,7-10H2,2H3,(H,17,18)/t12-/m0/s1. The van der Waals surface area contributed by atoms with Crippen molar-refractivity contribution < 1.29 is 24.2 Å². The summed E-state index contributed by atoms with van der Waals surface area (Å²) in [6, 6.07) is -0.556. The maximum absolute atomic E-state index is 10.8. The van der Waals surface area contributed by atoms with Crippen LogP contribution in [-0.2, 0) is 19.1 Å². The molecule has 0 unspecified atom stereocenters. The van der Waals surface area contributed by atoms with Crippen LogP contribution in [0.4, 0.5) is 0 Å². The lowest BCUT2D eigenvalue weighted by molar-refractivity contribution is -0.139. The van der Waals surface area contributed by atoms with Gasteiger partial charge in [-0.15, -0.1) is 0 Å². The van der Waals surface area contributed by atoms with Crippen LogP contribution < -0.4 is 10.6 Å². The highest BCUT2D eigenvalue weighted by Gasteiger charge is 2.14. The Morgan fingerprint density at radius 1 is 1.35 bits per heavy atom. The van der Waals surface area contributed by atoms with Crippen molar-refractivity contribution in [2.45, 2.75) is 18.9 Å². The Hall–Kier alpha value is -1.44. The van der Waals surface area contributed by atoms with E-state index in [2.05, 4.69) is 17.2 Å². The van der Waals surface area contributed by atoms with Gasteiger partial charge in [0.25, 0.3) is 0 Å². The van der Waals surface area contributed by atoms with E-state index < -0.39 is 12.0 Å². The van der Waals surface area contributed by atoms with Gasteiger partial charge in [-0.2, -0.15) is 0 Å². The zero-order chi connectivity index (χ0) is 15.2. The lowest BCUT2D eigenvalue weighted by Crippen LogP contribution is -2.34. The lowest BCUT2D eigenvalue weighted by atomic mass is 10.1. The lowest BCUT2D eigenvalue weighted by Gasteiger charge is -2.13. The largest absolute Gasteiger partial charge is 0.480 e. The molecule has 1 atom stereocenters. The predicted octanol–water partition coefficient (Wildman–Crippen LogP) is -0.225. The predicted molar refractivity (Wildman–Crippen MR) is 74.6 cm³/mol. The van der Waals surface area contributed by atoms with Gasteiger partial charge in [-0.05, 0) is 19.9 Å². The number of rotatable bonds is 14. The number of carbonyl (C=O) groups excluding carboxylic acids is 1. The number of aliphatic carboxylic acids is 1. The second kappa shape index (κ2) is 12.6. The average Bonchev–Trinajstić information content (AvgIpc) is 2.42. The average molecular weight is 288 g/mol. The maximum Gasteiger partial charge on any atom is 0.320 e.